The van der Waals surface area contributed by atoms with Crippen molar-refractivity contribution in [1.82, 2.24) is 9.21 Å². The maximum Gasteiger partial charge on any atom is 0.289 e. The van der Waals surface area contributed by atoms with E-state index in [4.69, 9.17) is 23.2 Å². The molecule has 10 heteroatoms. The molecule has 2 saturated heterocycles. The predicted molar refractivity (Wildman–Crippen MR) is 88.3 cm³/mol. The van der Waals surface area contributed by atoms with Crippen LogP contribution in [0, 0.1) is 0 Å². The van der Waals surface area contributed by atoms with Gasteiger partial charge in [0.2, 0.25) is 15.9 Å². The summed E-state index contributed by atoms with van der Waals surface area (Å²) < 4.78 is 26.7. The Labute approximate surface area is 147 Å². The Morgan fingerprint density at radius 1 is 1.17 bits per heavy atom. The van der Waals surface area contributed by atoms with Gasteiger partial charge >= 0.3 is 0 Å². The van der Waals surface area contributed by atoms with E-state index in [0.717, 1.165) is 16.7 Å². The van der Waals surface area contributed by atoms with Crippen LogP contribution >= 0.6 is 35.0 Å². The second-order valence-corrected chi connectivity index (χ2v) is 8.79. The third-order valence-corrected chi connectivity index (χ3v) is 7.45. The number of carbonyl (C=O) groups excluding carboxylic acids is 2. The van der Waals surface area contributed by atoms with Crippen molar-refractivity contribution in [3.63, 3.8) is 0 Å². The summed E-state index contributed by atoms with van der Waals surface area (Å²) in [5.41, 5.74) is 0. The first-order chi connectivity index (χ1) is 10.8. The topological polar surface area (TPSA) is 74.8 Å². The van der Waals surface area contributed by atoms with Crippen molar-refractivity contribution < 1.29 is 18.0 Å². The molecule has 0 saturated carbocycles. The normalized spacial score (nSPS) is 23.0. The van der Waals surface area contributed by atoms with E-state index < -0.39 is 16.1 Å². The number of imide groups is 1. The minimum absolute atomic E-state index is 0.0461. The van der Waals surface area contributed by atoms with E-state index in [1.165, 1.54) is 16.4 Å². The molecule has 124 valence electrons. The van der Waals surface area contributed by atoms with Crippen LogP contribution in [0.2, 0.25) is 10.0 Å². The van der Waals surface area contributed by atoms with Crippen LogP contribution in [-0.4, -0.2) is 53.7 Å². The van der Waals surface area contributed by atoms with Gasteiger partial charge in [-0.25, -0.2) is 8.42 Å². The monoisotopic (exact) mass is 394 g/mol. The highest BCUT2D eigenvalue weighted by Crippen LogP contribution is 2.34. The number of hydrogen-bond acceptors (Lipinski definition) is 5. The summed E-state index contributed by atoms with van der Waals surface area (Å²) in [6.07, 6.45) is 0.402. The highest BCUT2D eigenvalue weighted by atomic mass is 35.5. The van der Waals surface area contributed by atoms with Gasteiger partial charge in [-0.3, -0.25) is 14.5 Å². The summed E-state index contributed by atoms with van der Waals surface area (Å²) in [5.74, 6) is -0.168. The molecule has 0 aromatic heterocycles. The number of thioether (sulfide) groups is 1. The van der Waals surface area contributed by atoms with Crippen LogP contribution in [-0.2, 0) is 14.8 Å². The number of rotatable bonds is 3. The molecule has 2 fully saturated rings. The molecule has 1 aromatic carbocycles. The van der Waals surface area contributed by atoms with Crippen molar-refractivity contribution in [3.05, 3.63) is 28.2 Å². The fourth-order valence-corrected chi connectivity index (χ4v) is 6.07. The number of nitrogens with zero attached hydrogens (tertiary/aromatic N) is 2. The average Bonchev–Trinajstić information content (AvgIpc) is 3.06. The number of halogens is 2. The second kappa shape index (κ2) is 6.25. The van der Waals surface area contributed by atoms with Crippen LogP contribution < -0.4 is 0 Å². The van der Waals surface area contributed by atoms with Gasteiger partial charge < -0.3 is 0 Å². The SMILES string of the molecule is O=C1CSC(=O)N1C1CCN(S(=O)(=O)c2c(Cl)cccc2Cl)C1. The van der Waals surface area contributed by atoms with E-state index in [9.17, 15) is 18.0 Å². The molecule has 6 nitrogen and oxygen atoms in total. The van der Waals surface area contributed by atoms with E-state index in [1.54, 1.807) is 6.07 Å². The Balaban J connectivity index is 1.86. The summed E-state index contributed by atoms with van der Waals surface area (Å²) in [6.45, 7) is 0.262. The quantitative estimate of drug-likeness (QED) is 0.786. The lowest BCUT2D eigenvalue weighted by Crippen LogP contribution is -2.41. The Morgan fingerprint density at radius 3 is 2.39 bits per heavy atom. The first kappa shape index (κ1) is 17.0. The first-order valence-electron chi connectivity index (χ1n) is 6.75. The molecule has 1 aromatic rings. The van der Waals surface area contributed by atoms with E-state index in [1.807, 2.05) is 0 Å². The molecule has 1 atom stereocenters. The number of hydrogen-bond donors (Lipinski definition) is 0. The number of amides is 2. The zero-order valence-corrected chi connectivity index (χ0v) is 14.9. The Kier molecular flexibility index (Phi) is 4.63. The average molecular weight is 395 g/mol. The first-order valence-corrected chi connectivity index (χ1v) is 9.93. The third-order valence-electron chi connectivity index (χ3n) is 3.79. The smallest absolute Gasteiger partial charge is 0.273 e. The fraction of sp³-hybridized carbons (Fsp3) is 0.385. The summed E-state index contributed by atoms with van der Waals surface area (Å²) in [7, 11) is -3.88. The molecular formula is C13H12Cl2N2O4S2. The van der Waals surface area contributed by atoms with Crippen LogP contribution in [0.4, 0.5) is 4.79 Å². The van der Waals surface area contributed by atoms with Gasteiger partial charge in [0.25, 0.3) is 5.24 Å². The highest BCUT2D eigenvalue weighted by Gasteiger charge is 2.43. The molecule has 2 aliphatic rings. The lowest BCUT2D eigenvalue weighted by Gasteiger charge is -2.22. The fourth-order valence-electron chi connectivity index (χ4n) is 2.71. The van der Waals surface area contributed by atoms with Crippen molar-refractivity contribution >= 4 is 56.1 Å². The lowest BCUT2D eigenvalue weighted by molar-refractivity contribution is -0.126. The van der Waals surface area contributed by atoms with Crippen molar-refractivity contribution in [3.8, 4) is 0 Å². The van der Waals surface area contributed by atoms with Crippen LogP contribution in [0.15, 0.2) is 23.1 Å². The van der Waals surface area contributed by atoms with Crippen LogP contribution in [0.1, 0.15) is 6.42 Å². The van der Waals surface area contributed by atoms with Crippen molar-refractivity contribution in [2.75, 3.05) is 18.8 Å². The molecule has 2 aliphatic heterocycles. The van der Waals surface area contributed by atoms with Gasteiger partial charge in [0, 0.05) is 13.1 Å². The van der Waals surface area contributed by atoms with Crippen LogP contribution in [0.5, 0.6) is 0 Å². The van der Waals surface area contributed by atoms with E-state index in [2.05, 4.69) is 0 Å². The molecule has 23 heavy (non-hydrogen) atoms. The molecule has 0 radical (unpaired) electrons. The second-order valence-electron chi connectivity index (χ2n) is 5.17. The Morgan fingerprint density at radius 2 is 1.83 bits per heavy atom. The summed E-state index contributed by atoms with van der Waals surface area (Å²) in [6, 6.07) is 4.03. The van der Waals surface area contributed by atoms with Gasteiger partial charge in [-0.1, -0.05) is 41.0 Å². The Hall–Kier alpha value is -0.800. The van der Waals surface area contributed by atoms with Gasteiger partial charge in [0.05, 0.1) is 21.8 Å². The maximum absolute atomic E-state index is 12.8. The van der Waals surface area contributed by atoms with Gasteiger partial charge in [-0.05, 0) is 18.6 Å². The predicted octanol–water partition coefficient (Wildman–Crippen LogP) is 2.45. The number of sulfonamides is 1. The standard InChI is InChI=1S/C13H12Cl2N2O4S2/c14-9-2-1-3-10(15)12(9)23(20,21)16-5-4-8(6-16)17-11(18)7-22-13(17)19/h1-3,8H,4-7H2. The van der Waals surface area contributed by atoms with E-state index in [0.29, 0.717) is 6.42 Å². The summed E-state index contributed by atoms with van der Waals surface area (Å²) in [5, 5.41) is -0.232. The molecule has 0 aliphatic carbocycles. The minimum Gasteiger partial charge on any atom is -0.273 e. The minimum atomic E-state index is -3.88. The number of carbonyl (C=O) groups is 2. The van der Waals surface area contributed by atoms with Gasteiger partial charge in [0.1, 0.15) is 4.90 Å². The molecule has 2 heterocycles. The largest absolute Gasteiger partial charge is 0.289 e. The molecule has 0 bridgehead atoms. The zero-order chi connectivity index (χ0) is 16.8. The van der Waals surface area contributed by atoms with E-state index in [-0.39, 0.29) is 44.9 Å². The summed E-state index contributed by atoms with van der Waals surface area (Å²) >= 11 is 12.9. The third kappa shape index (κ3) is 2.98. The molecule has 2 amide bonds. The highest BCUT2D eigenvalue weighted by molar-refractivity contribution is 8.14. The van der Waals surface area contributed by atoms with E-state index >= 15 is 0 Å². The molecule has 3 rings (SSSR count). The lowest BCUT2D eigenvalue weighted by atomic mass is 10.2. The van der Waals surface area contributed by atoms with Crippen LogP contribution in [0.3, 0.4) is 0 Å². The number of benzene rings is 1. The molecule has 1 unspecified atom stereocenters. The van der Waals surface area contributed by atoms with Gasteiger partial charge in [-0.15, -0.1) is 0 Å². The molecule has 0 N–H and O–H groups in total. The molecule has 0 spiro atoms. The summed E-state index contributed by atoms with van der Waals surface area (Å²) in [4.78, 5) is 24.6. The van der Waals surface area contributed by atoms with Crippen molar-refractivity contribution in [2.45, 2.75) is 17.4 Å². The van der Waals surface area contributed by atoms with Gasteiger partial charge in [-0.2, -0.15) is 4.31 Å². The van der Waals surface area contributed by atoms with Crippen molar-refractivity contribution in [2.24, 2.45) is 0 Å². The van der Waals surface area contributed by atoms with Crippen LogP contribution in [0.25, 0.3) is 0 Å². The molecular weight excluding hydrogens is 383 g/mol. The maximum atomic E-state index is 12.8. The van der Waals surface area contributed by atoms with Crippen molar-refractivity contribution in [1.29, 1.82) is 0 Å². The van der Waals surface area contributed by atoms with Gasteiger partial charge in [0.15, 0.2) is 0 Å². The Bertz CT molecular complexity index is 748. The zero-order valence-electron chi connectivity index (χ0n) is 11.7.